The molecule has 0 fully saturated rings. The van der Waals surface area contributed by atoms with E-state index < -0.39 is 34.6 Å². The van der Waals surface area contributed by atoms with Gasteiger partial charge in [0.15, 0.2) is 0 Å². The fraction of sp³-hybridized carbons (Fsp3) is 0.222. The molecule has 2 aromatic rings. The molecule has 12 heteroatoms. The highest BCUT2D eigenvalue weighted by Crippen LogP contribution is 2.24. The van der Waals surface area contributed by atoms with Crippen molar-refractivity contribution in [3.8, 4) is 0 Å². The predicted octanol–water partition coefficient (Wildman–Crippen LogP) is 2.07. The third kappa shape index (κ3) is 6.95. The molecule has 0 heterocycles. The summed E-state index contributed by atoms with van der Waals surface area (Å²) < 4.78 is 64.1. The maximum absolute atomic E-state index is 12.6. The number of halogens is 3. The molecule has 0 aromatic heterocycles. The number of carbonyl (C=O) groups is 2. The molecule has 162 valence electrons. The van der Waals surface area contributed by atoms with Crippen molar-refractivity contribution in [1.82, 2.24) is 5.32 Å². The van der Waals surface area contributed by atoms with Crippen molar-refractivity contribution >= 4 is 33.2 Å². The second-order valence-corrected chi connectivity index (χ2v) is 7.80. The van der Waals surface area contributed by atoms with Gasteiger partial charge in [-0.1, -0.05) is 12.1 Å². The smallest absolute Gasteiger partial charge is 0.383 e. The molecular weight excluding hydrogens is 425 g/mol. The number of primary amides is 1. The van der Waals surface area contributed by atoms with Gasteiger partial charge in [-0.25, -0.2) is 8.42 Å². The molecule has 8 nitrogen and oxygen atoms in total. The van der Waals surface area contributed by atoms with E-state index >= 15 is 0 Å². The highest BCUT2D eigenvalue weighted by Gasteiger charge is 2.28. The van der Waals surface area contributed by atoms with Crippen molar-refractivity contribution in [1.29, 1.82) is 0 Å². The molecule has 30 heavy (non-hydrogen) atoms. The van der Waals surface area contributed by atoms with Crippen molar-refractivity contribution in [3.63, 3.8) is 0 Å². The van der Waals surface area contributed by atoms with E-state index in [0.717, 1.165) is 24.3 Å². The van der Waals surface area contributed by atoms with Crippen LogP contribution in [0.5, 0.6) is 0 Å². The van der Waals surface area contributed by atoms with Crippen LogP contribution in [0.25, 0.3) is 0 Å². The van der Waals surface area contributed by atoms with E-state index in [9.17, 15) is 31.2 Å². The van der Waals surface area contributed by atoms with Crippen LogP contribution in [-0.2, 0) is 14.8 Å². The third-order valence-electron chi connectivity index (χ3n) is 3.73. The van der Waals surface area contributed by atoms with E-state index in [1.54, 1.807) is 23.5 Å². The number of benzene rings is 2. The van der Waals surface area contributed by atoms with Crippen LogP contribution in [0.2, 0.25) is 0 Å². The van der Waals surface area contributed by atoms with Crippen LogP contribution in [0.3, 0.4) is 0 Å². The third-order valence-corrected chi connectivity index (χ3v) is 5.12. The Morgan fingerprint density at radius 2 is 1.57 bits per heavy atom. The summed E-state index contributed by atoms with van der Waals surface area (Å²) in [7, 11) is -4.05. The van der Waals surface area contributed by atoms with E-state index in [-0.39, 0.29) is 29.1 Å². The number of amides is 2. The fourth-order valence-electron chi connectivity index (χ4n) is 2.32. The first-order valence-corrected chi connectivity index (χ1v) is 10.1. The van der Waals surface area contributed by atoms with Gasteiger partial charge in [0.25, 0.3) is 15.9 Å². The Hall–Kier alpha value is -3.28. The Morgan fingerprint density at radius 3 is 2.13 bits per heavy atom. The highest BCUT2D eigenvalue weighted by atomic mass is 32.2. The number of hydrogen-bond donors (Lipinski definition) is 4. The molecule has 0 aliphatic carbocycles. The van der Waals surface area contributed by atoms with Gasteiger partial charge in [-0.3, -0.25) is 14.3 Å². The number of alkyl halides is 3. The maximum atomic E-state index is 12.6. The summed E-state index contributed by atoms with van der Waals surface area (Å²) in [6.45, 7) is -1.29. The van der Waals surface area contributed by atoms with Gasteiger partial charge >= 0.3 is 6.18 Å². The summed E-state index contributed by atoms with van der Waals surface area (Å²) in [6, 6.07) is 10.8. The highest BCUT2D eigenvalue weighted by molar-refractivity contribution is 7.92. The van der Waals surface area contributed by atoms with Crippen molar-refractivity contribution in [2.24, 2.45) is 5.73 Å². The Balaban J connectivity index is 2.11. The molecule has 2 amide bonds. The largest absolute Gasteiger partial charge is 0.405 e. The zero-order valence-electron chi connectivity index (χ0n) is 15.5. The van der Waals surface area contributed by atoms with Crippen LogP contribution in [0.1, 0.15) is 16.8 Å². The molecule has 2 rings (SSSR count). The summed E-state index contributed by atoms with van der Waals surface area (Å²) >= 11 is 0. The topological polar surface area (TPSA) is 130 Å². The van der Waals surface area contributed by atoms with Gasteiger partial charge in [0.1, 0.15) is 6.54 Å². The Bertz CT molecular complexity index is 1010. The van der Waals surface area contributed by atoms with Crippen molar-refractivity contribution in [2.45, 2.75) is 17.5 Å². The molecule has 0 saturated heterocycles. The van der Waals surface area contributed by atoms with Gasteiger partial charge in [0, 0.05) is 18.5 Å². The molecule has 0 radical (unpaired) electrons. The maximum Gasteiger partial charge on any atom is 0.405 e. The van der Waals surface area contributed by atoms with Crippen molar-refractivity contribution in [3.05, 3.63) is 54.1 Å². The Kier molecular flexibility index (Phi) is 7.27. The molecular formula is C18H19F3N4O4S. The number of hydrogen-bond acceptors (Lipinski definition) is 5. The molecule has 0 saturated carbocycles. The average Bonchev–Trinajstić information content (AvgIpc) is 2.66. The van der Waals surface area contributed by atoms with E-state index in [1.807, 2.05) is 0 Å². The zero-order valence-corrected chi connectivity index (χ0v) is 16.3. The van der Waals surface area contributed by atoms with E-state index in [1.165, 1.54) is 6.07 Å². The number of sulfonamides is 1. The van der Waals surface area contributed by atoms with Gasteiger partial charge in [-0.15, -0.1) is 0 Å². The Morgan fingerprint density at radius 1 is 0.967 bits per heavy atom. The van der Waals surface area contributed by atoms with Crippen LogP contribution in [0, 0.1) is 0 Å². The van der Waals surface area contributed by atoms with Crippen LogP contribution in [-0.4, -0.2) is 39.5 Å². The summed E-state index contributed by atoms with van der Waals surface area (Å²) in [5.41, 5.74) is 5.59. The van der Waals surface area contributed by atoms with Crippen LogP contribution in [0.4, 0.5) is 24.5 Å². The monoisotopic (exact) mass is 444 g/mol. The van der Waals surface area contributed by atoms with Gasteiger partial charge < -0.3 is 16.4 Å². The standard InChI is InChI=1S/C18H19F3N4O4S/c19-18(20,21)11-24-17(27)12-5-7-13(8-6-12)30(28,29)25-15-4-2-1-3-14(15)23-10-9-16(22)26/h1-8,23,25H,9-11H2,(H2,22,26)(H,24,27). The molecule has 0 atom stereocenters. The van der Waals surface area contributed by atoms with E-state index in [4.69, 9.17) is 5.73 Å². The van der Waals surface area contributed by atoms with Gasteiger partial charge in [-0.05, 0) is 36.4 Å². The van der Waals surface area contributed by atoms with Crippen molar-refractivity contribution in [2.75, 3.05) is 23.1 Å². The van der Waals surface area contributed by atoms with E-state index in [2.05, 4.69) is 10.0 Å². The number of para-hydroxylation sites is 2. The molecule has 2 aromatic carbocycles. The lowest BCUT2D eigenvalue weighted by Gasteiger charge is -2.14. The molecule has 0 bridgehead atoms. The minimum absolute atomic E-state index is 0.0545. The lowest BCUT2D eigenvalue weighted by atomic mass is 10.2. The summed E-state index contributed by atoms with van der Waals surface area (Å²) in [5.74, 6) is -1.49. The summed E-state index contributed by atoms with van der Waals surface area (Å²) in [6.07, 6.45) is -4.50. The molecule has 0 spiro atoms. The molecule has 0 unspecified atom stereocenters. The number of rotatable bonds is 9. The number of nitrogens with two attached hydrogens (primary N) is 1. The number of nitrogens with one attached hydrogen (secondary N) is 3. The SMILES string of the molecule is NC(=O)CCNc1ccccc1NS(=O)(=O)c1ccc(C(=O)NCC(F)(F)F)cc1. The number of anilines is 2. The Labute approximate surface area is 170 Å². The zero-order chi connectivity index (χ0) is 22.4. The second-order valence-electron chi connectivity index (χ2n) is 6.12. The quantitative estimate of drug-likeness (QED) is 0.470. The van der Waals surface area contributed by atoms with Gasteiger partial charge in [0.05, 0.1) is 16.3 Å². The first kappa shape index (κ1) is 23.0. The first-order chi connectivity index (χ1) is 14.0. The number of carbonyl (C=O) groups excluding carboxylic acids is 2. The minimum atomic E-state index is -4.55. The normalized spacial score (nSPS) is 11.6. The molecule has 5 N–H and O–H groups in total. The van der Waals surface area contributed by atoms with Gasteiger partial charge in [-0.2, -0.15) is 13.2 Å². The van der Waals surface area contributed by atoms with Gasteiger partial charge in [0.2, 0.25) is 5.91 Å². The molecule has 0 aliphatic heterocycles. The van der Waals surface area contributed by atoms with Crippen LogP contribution in [0.15, 0.2) is 53.4 Å². The summed E-state index contributed by atoms with van der Waals surface area (Å²) in [5, 5.41) is 4.60. The van der Waals surface area contributed by atoms with Crippen LogP contribution >= 0.6 is 0 Å². The first-order valence-electron chi connectivity index (χ1n) is 8.57. The lowest BCUT2D eigenvalue weighted by molar-refractivity contribution is -0.123. The second kappa shape index (κ2) is 9.48. The average molecular weight is 444 g/mol. The molecule has 0 aliphatic rings. The summed E-state index contributed by atoms with van der Waals surface area (Å²) in [4.78, 5) is 22.4. The lowest BCUT2D eigenvalue weighted by Crippen LogP contribution is -2.33. The van der Waals surface area contributed by atoms with E-state index in [0.29, 0.717) is 5.69 Å². The van der Waals surface area contributed by atoms with Crippen LogP contribution < -0.4 is 21.1 Å². The fourth-order valence-corrected chi connectivity index (χ4v) is 3.40. The predicted molar refractivity (Wildman–Crippen MR) is 104 cm³/mol. The minimum Gasteiger partial charge on any atom is -0.383 e. The van der Waals surface area contributed by atoms with Crippen molar-refractivity contribution < 1.29 is 31.2 Å².